The van der Waals surface area contributed by atoms with E-state index in [1.807, 2.05) is 11.9 Å². The summed E-state index contributed by atoms with van der Waals surface area (Å²) in [6.45, 7) is 2.61. The van der Waals surface area contributed by atoms with Crippen LogP contribution in [0.2, 0.25) is 0 Å². The van der Waals surface area contributed by atoms with Gasteiger partial charge in [-0.15, -0.1) is 0 Å². The number of piperazine rings is 1. The number of hydrogen-bond donors (Lipinski definition) is 0. The summed E-state index contributed by atoms with van der Waals surface area (Å²) in [7, 11) is 1.82. The maximum atomic E-state index is 12.6. The van der Waals surface area contributed by atoms with Gasteiger partial charge in [-0.25, -0.2) is 9.97 Å². The van der Waals surface area contributed by atoms with E-state index in [2.05, 4.69) is 20.0 Å². The number of rotatable bonds is 5. The fourth-order valence-corrected chi connectivity index (χ4v) is 4.14. The molecule has 0 bridgehead atoms. The maximum Gasteiger partial charge on any atom is 0.269 e. The number of thioether (sulfide) groups is 1. The highest BCUT2D eigenvalue weighted by Gasteiger charge is 2.22. The summed E-state index contributed by atoms with van der Waals surface area (Å²) in [4.78, 5) is 35.5. The van der Waals surface area contributed by atoms with Crippen LogP contribution in [-0.2, 0) is 11.8 Å². The second kappa shape index (κ2) is 8.03. The summed E-state index contributed by atoms with van der Waals surface area (Å²) in [5.74, 6) is 0.368. The van der Waals surface area contributed by atoms with Crippen molar-refractivity contribution < 1.29 is 9.72 Å². The number of aryl methyl sites for hydroxylation is 1. The molecule has 1 amide bonds. The number of fused-ring (bicyclic) bond motifs is 1. The van der Waals surface area contributed by atoms with Gasteiger partial charge < -0.3 is 9.80 Å². The molecule has 29 heavy (non-hydrogen) atoms. The molecule has 150 valence electrons. The molecule has 3 heterocycles. The smallest absolute Gasteiger partial charge is 0.269 e. The molecular weight excluding hydrogens is 394 g/mol. The highest BCUT2D eigenvalue weighted by Crippen LogP contribution is 2.25. The van der Waals surface area contributed by atoms with E-state index in [0.717, 1.165) is 21.7 Å². The summed E-state index contributed by atoms with van der Waals surface area (Å²) >= 11 is 1.39. The first kappa shape index (κ1) is 19.1. The fourth-order valence-electron chi connectivity index (χ4n) is 3.28. The predicted octanol–water partition coefficient (Wildman–Crippen LogP) is 1.71. The minimum absolute atomic E-state index is 0.0639. The van der Waals surface area contributed by atoms with Gasteiger partial charge in [0.25, 0.3) is 5.69 Å². The third-order valence-corrected chi connectivity index (χ3v) is 5.87. The number of nitrogens with zero attached hydrogens (tertiary/aromatic N) is 7. The lowest BCUT2D eigenvalue weighted by molar-refractivity contribution is -0.384. The Hall–Kier alpha value is -3.21. The van der Waals surface area contributed by atoms with Crippen molar-refractivity contribution in [2.75, 3.05) is 36.8 Å². The van der Waals surface area contributed by atoms with E-state index < -0.39 is 4.92 Å². The minimum Gasteiger partial charge on any atom is -0.368 e. The minimum atomic E-state index is -0.408. The van der Waals surface area contributed by atoms with Gasteiger partial charge in [0.15, 0.2) is 5.65 Å². The van der Waals surface area contributed by atoms with Crippen molar-refractivity contribution in [2.45, 2.75) is 5.03 Å². The van der Waals surface area contributed by atoms with Crippen LogP contribution in [-0.4, -0.2) is 67.4 Å². The number of carbonyl (C=O) groups excluding carboxylic acids is 1. The van der Waals surface area contributed by atoms with Gasteiger partial charge in [-0.2, -0.15) is 5.10 Å². The lowest BCUT2D eigenvalue weighted by atomic mass is 10.2. The molecule has 1 fully saturated rings. The van der Waals surface area contributed by atoms with Gasteiger partial charge in [-0.3, -0.25) is 19.6 Å². The van der Waals surface area contributed by atoms with Gasteiger partial charge in [0, 0.05) is 51.0 Å². The molecule has 0 aliphatic carbocycles. The lowest BCUT2D eigenvalue weighted by Crippen LogP contribution is -2.49. The quantitative estimate of drug-likeness (QED) is 0.269. The van der Waals surface area contributed by atoms with Crippen LogP contribution in [0, 0.1) is 10.1 Å². The van der Waals surface area contributed by atoms with E-state index >= 15 is 0 Å². The summed E-state index contributed by atoms with van der Waals surface area (Å²) in [5.41, 5.74) is 1.75. The van der Waals surface area contributed by atoms with Crippen molar-refractivity contribution in [2.24, 2.45) is 7.05 Å². The van der Waals surface area contributed by atoms with Gasteiger partial charge in [0.1, 0.15) is 11.4 Å². The molecule has 3 aromatic rings. The summed E-state index contributed by atoms with van der Waals surface area (Å²) < 4.78 is 1.68. The molecule has 1 aromatic carbocycles. The van der Waals surface area contributed by atoms with Crippen LogP contribution < -0.4 is 4.90 Å². The van der Waals surface area contributed by atoms with Crippen molar-refractivity contribution >= 4 is 40.1 Å². The average Bonchev–Trinajstić information content (AvgIpc) is 3.14. The van der Waals surface area contributed by atoms with Crippen LogP contribution in [0.15, 0.2) is 41.8 Å². The number of nitro groups is 1. The van der Waals surface area contributed by atoms with Gasteiger partial charge >= 0.3 is 0 Å². The highest BCUT2D eigenvalue weighted by atomic mass is 32.2. The second-order valence-corrected chi connectivity index (χ2v) is 7.58. The molecule has 10 nitrogen and oxygen atoms in total. The predicted molar refractivity (Wildman–Crippen MR) is 109 cm³/mol. The number of non-ortho nitro benzene ring substituents is 1. The Morgan fingerprint density at radius 1 is 1.17 bits per heavy atom. The molecular formula is C18H19N7O3S. The van der Waals surface area contributed by atoms with Crippen molar-refractivity contribution in [3.8, 4) is 0 Å². The first-order valence-electron chi connectivity index (χ1n) is 9.05. The van der Waals surface area contributed by atoms with Gasteiger partial charge in [-0.1, -0.05) is 11.8 Å². The molecule has 4 rings (SSSR count). The Balaban J connectivity index is 1.32. The molecule has 1 saturated heterocycles. The summed E-state index contributed by atoms with van der Waals surface area (Å²) in [5, 5.41) is 16.6. The zero-order valence-electron chi connectivity index (χ0n) is 15.8. The van der Waals surface area contributed by atoms with Crippen molar-refractivity contribution in [1.82, 2.24) is 24.6 Å². The number of carbonyl (C=O) groups is 1. The third-order valence-electron chi connectivity index (χ3n) is 4.88. The number of benzene rings is 1. The highest BCUT2D eigenvalue weighted by molar-refractivity contribution is 8.00. The number of nitro benzene ring substituents is 1. The van der Waals surface area contributed by atoms with E-state index in [4.69, 9.17) is 0 Å². The third kappa shape index (κ3) is 3.99. The number of amides is 1. The van der Waals surface area contributed by atoms with Crippen LogP contribution in [0.25, 0.3) is 11.0 Å². The monoisotopic (exact) mass is 413 g/mol. The lowest BCUT2D eigenvalue weighted by Gasteiger charge is -2.36. The number of hydrogen-bond acceptors (Lipinski definition) is 8. The molecule has 0 unspecified atom stereocenters. The molecule has 0 saturated carbocycles. The Labute approximate surface area is 170 Å². The van der Waals surface area contributed by atoms with Gasteiger partial charge in [0.2, 0.25) is 5.91 Å². The van der Waals surface area contributed by atoms with E-state index in [9.17, 15) is 14.9 Å². The number of anilines is 1. The van der Waals surface area contributed by atoms with Crippen molar-refractivity contribution in [3.05, 3.63) is 46.9 Å². The molecule has 11 heteroatoms. The molecule has 1 aliphatic rings. The molecule has 0 radical (unpaired) electrons. The van der Waals surface area contributed by atoms with E-state index in [-0.39, 0.29) is 11.6 Å². The standard InChI is InChI=1S/C18H19N7O3S/c1-22-17-15(10-21-22)18(20-12-19-17)29-11-16(26)24-8-6-23(7-9-24)13-2-4-14(5-3-13)25(27)28/h2-5,10,12H,6-9,11H2,1H3. The van der Waals surface area contributed by atoms with Crippen LogP contribution >= 0.6 is 11.8 Å². The Morgan fingerprint density at radius 2 is 1.90 bits per heavy atom. The molecule has 1 aliphatic heterocycles. The SMILES string of the molecule is Cn1ncc2c(SCC(=O)N3CCN(c4ccc([N+](=O)[O-])cc4)CC3)ncnc21. The Bertz CT molecular complexity index is 1050. The second-order valence-electron chi connectivity index (χ2n) is 6.61. The zero-order valence-corrected chi connectivity index (χ0v) is 16.6. The zero-order chi connectivity index (χ0) is 20.4. The van der Waals surface area contributed by atoms with Crippen LogP contribution in [0.4, 0.5) is 11.4 Å². The topological polar surface area (TPSA) is 110 Å². The first-order chi connectivity index (χ1) is 14.0. The average molecular weight is 413 g/mol. The van der Waals surface area contributed by atoms with Gasteiger partial charge in [0.05, 0.1) is 22.3 Å². The summed E-state index contributed by atoms with van der Waals surface area (Å²) in [6, 6.07) is 6.51. The molecule has 2 aromatic heterocycles. The van der Waals surface area contributed by atoms with E-state index in [1.54, 1.807) is 23.0 Å². The largest absolute Gasteiger partial charge is 0.368 e. The first-order valence-corrected chi connectivity index (χ1v) is 10.0. The fraction of sp³-hybridized carbons (Fsp3) is 0.333. The molecule has 0 spiro atoms. The number of aromatic nitrogens is 4. The van der Waals surface area contributed by atoms with Gasteiger partial charge in [-0.05, 0) is 12.1 Å². The Morgan fingerprint density at radius 3 is 2.59 bits per heavy atom. The van der Waals surface area contributed by atoms with Crippen LogP contribution in [0.1, 0.15) is 0 Å². The Kier molecular flexibility index (Phi) is 5.30. The van der Waals surface area contributed by atoms with Crippen LogP contribution in [0.5, 0.6) is 0 Å². The van der Waals surface area contributed by atoms with Crippen LogP contribution in [0.3, 0.4) is 0 Å². The molecule has 0 N–H and O–H groups in total. The maximum absolute atomic E-state index is 12.6. The molecule has 0 atom stereocenters. The van der Waals surface area contributed by atoms with Crippen molar-refractivity contribution in [1.29, 1.82) is 0 Å². The van der Waals surface area contributed by atoms with E-state index in [1.165, 1.54) is 30.2 Å². The normalized spacial score (nSPS) is 14.4. The van der Waals surface area contributed by atoms with E-state index in [0.29, 0.717) is 31.9 Å². The van der Waals surface area contributed by atoms with Crippen molar-refractivity contribution in [3.63, 3.8) is 0 Å². The summed E-state index contributed by atoms with van der Waals surface area (Å²) in [6.07, 6.45) is 3.20.